The number of thioether (sulfide) groups is 1. The van der Waals surface area contributed by atoms with Crippen molar-refractivity contribution in [2.75, 3.05) is 55.2 Å². The van der Waals surface area contributed by atoms with Gasteiger partial charge in [0.15, 0.2) is 0 Å². The van der Waals surface area contributed by atoms with Gasteiger partial charge in [0, 0.05) is 56.6 Å². The van der Waals surface area contributed by atoms with E-state index in [2.05, 4.69) is 49.4 Å². The average Bonchev–Trinajstić information content (AvgIpc) is 2.72. The highest BCUT2D eigenvalue weighted by Crippen LogP contribution is 2.30. The van der Waals surface area contributed by atoms with Crippen molar-refractivity contribution in [1.82, 2.24) is 14.9 Å². The number of para-hydroxylation sites is 1. The zero-order valence-electron chi connectivity index (χ0n) is 14.8. The molecule has 0 aliphatic carbocycles. The van der Waals surface area contributed by atoms with Crippen LogP contribution in [0.2, 0.25) is 0 Å². The number of aliphatic imine (C=N–C) groups is 1. The Hall–Kier alpha value is -2.12. The van der Waals surface area contributed by atoms with Crippen LogP contribution in [0, 0.1) is 0 Å². The number of nitrogens with zero attached hydrogens (tertiary/aromatic N) is 5. The molecule has 0 amide bonds. The molecule has 1 aromatic carbocycles. The van der Waals surface area contributed by atoms with E-state index in [9.17, 15) is 0 Å². The highest BCUT2D eigenvalue weighted by molar-refractivity contribution is 8.00. The summed E-state index contributed by atoms with van der Waals surface area (Å²) in [6.07, 6.45) is 4.72. The van der Waals surface area contributed by atoms with Crippen molar-refractivity contribution >= 4 is 29.2 Å². The first-order valence-electron chi connectivity index (χ1n) is 9.15. The number of nitrogens with one attached hydrogen (secondary N) is 1. The van der Waals surface area contributed by atoms with Gasteiger partial charge in [0.2, 0.25) is 5.95 Å². The van der Waals surface area contributed by atoms with Crippen LogP contribution in [0.1, 0.15) is 6.42 Å². The molecule has 1 N–H and O–H groups in total. The van der Waals surface area contributed by atoms with Crippen LogP contribution in [0.3, 0.4) is 0 Å². The summed E-state index contributed by atoms with van der Waals surface area (Å²) in [7, 11) is 0. The number of piperazine rings is 1. The zero-order valence-corrected chi connectivity index (χ0v) is 15.7. The molecule has 1 fully saturated rings. The third-order valence-corrected chi connectivity index (χ3v) is 5.76. The molecule has 0 bridgehead atoms. The summed E-state index contributed by atoms with van der Waals surface area (Å²) >= 11 is 1.86. The van der Waals surface area contributed by atoms with Crippen LogP contribution in [0.5, 0.6) is 0 Å². The first-order valence-corrected chi connectivity index (χ1v) is 10.1. The van der Waals surface area contributed by atoms with Crippen molar-refractivity contribution in [2.24, 2.45) is 4.99 Å². The zero-order chi connectivity index (χ0) is 17.6. The standard InChI is InChI=1S/C19H24N6S/c1-2-6-17-16(5-1)23-18(15-26-17)20-9-4-10-24-11-13-25(14-12-24)19-21-7-3-8-22-19/h1-3,5-8H,4,9-15H2,(H,20,23). The molecule has 4 rings (SSSR count). The lowest BCUT2D eigenvalue weighted by Crippen LogP contribution is -2.47. The van der Waals surface area contributed by atoms with Crippen LogP contribution < -0.4 is 10.2 Å². The van der Waals surface area contributed by atoms with Gasteiger partial charge in [-0.3, -0.25) is 9.89 Å². The van der Waals surface area contributed by atoms with Gasteiger partial charge in [0.25, 0.3) is 0 Å². The first-order chi connectivity index (χ1) is 12.9. The van der Waals surface area contributed by atoms with Gasteiger partial charge in [-0.25, -0.2) is 9.97 Å². The van der Waals surface area contributed by atoms with E-state index in [1.165, 1.54) is 10.6 Å². The molecular formula is C19H24N6S. The summed E-state index contributed by atoms with van der Waals surface area (Å²) in [5.74, 6) is 2.88. The highest BCUT2D eigenvalue weighted by Gasteiger charge is 2.18. The molecule has 0 radical (unpaired) electrons. The van der Waals surface area contributed by atoms with Crippen molar-refractivity contribution in [3.05, 3.63) is 42.7 Å². The summed E-state index contributed by atoms with van der Waals surface area (Å²) in [5.41, 5.74) is 1.18. The maximum Gasteiger partial charge on any atom is 0.225 e. The van der Waals surface area contributed by atoms with Crippen LogP contribution >= 0.6 is 11.8 Å². The summed E-state index contributed by atoms with van der Waals surface area (Å²) in [6, 6.07) is 10.3. The molecule has 1 aromatic heterocycles. The third-order valence-electron chi connectivity index (χ3n) is 4.67. The number of anilines is 2. The molecule has 2 aromatic rings. The monoisotopic (exact) mass is 368 g/mol. The van der Waals surface area contributed by atoms with Crippen molar-refractivity contribution in [1.29, 1.82) is 0 Å². The summed E-state index contributed by atoms with van der Waals surface area (Å²) in [5, 5.41) is 3.45. The predicted molar refractivity (Wildman–Crippen MR) is 108 cm³/mol. The molecule has 136 valence electrons. The van der Waals surface area contributed by atoms with Gasteiger partial charge in [0.1, 0.15) is 5.84 Å². The third kappa shape index (κ3) is 4.34. The lowest BCUT2D eigenvalue weighted by atomic mass is 10.3. The van der Waals surface area contributed by atoms with Gasteiger partial charge in [-0.2, -0.15) is 0 Å². The number of amidine groups is 1. The highest BCUT2D eigenvalue weighted by atomic mass is 32.2. The Kier molecular flexibility index (Phi) is 5.66. The molecule has 3 heterocycles. The van der Waals surface area contributed by atoms with E-state index in [0.29, 0.717) is 0 Å². The summed E-state index contributed by atoms with van der Waals surface area (Å²) in [6.45, 7) is 6.10. The van der Waals surface area contributed by atoms with Crippen LogP contribution in [-0.2, 0) is 0 Å². The van der Waals surface area contributed by atoms with E-state index in [1.54, 1.807) is 0 Å². The SMILES string of the molecule is c1cnc(N2CCN(CCCN=C3CSc4ccccc4N3)CC2)nc1. The molecule has 2 aliphatic rings. The molecule has 0 saturated carbocycles. The first kappa shape index (κ1) is 17.3. The van der Waals surface area contributed by atoms with Gasteiger partial charge >= 0.3 is 0 Å². The van der Waals surface area contributed by atoms with Gasteiger partial charge < -0.3 is 10.2 Å². The Morgan fingerprint density at radius 1 is 1.04 bits per heavy atom. The van der Waals surface area contributed by atoms with Gasteiger partial charge in [-0.15, -0.1) is 11.8 Å². The van der Waals surface area contributed by atoms with E-state index < -0.39 is 0 Å². The number of aromatic nitrogens is 2. The fourth-order valence-corrected chi connectivity index (χ4v) is 4.16. The molecule has 6 nitrogen and oxygen atoms in total. The molecule has 1 saturated heterocycles. The largest absolute Gasteiger partial charge is 0.342 e. The normalized spacial score (nSPS) is 19.2. The average molecular weight is 369 g/mol. The summed E-state index contributed by atoms with van der Waals surface area (Å²) in [4.78, 5) is 19.5. The number of rotatable bonds is 5. The minimum Gasteiger partial charge on any atom is -0.342 e. The van der Waals surface area contributed by atoms with Gasteiger partial charge in [-0.1, -0.05) is 12.1 Å². The molecule has 2 aliphatic heterocycles. The quantitative estimate of drug-likeness (QED) is 0.819. The van der Waals surface area contributed by atoms with E-state index in [0.717, 1.165) is 63.2 Å². The molecular weight excluding hydrogens is 344 g/mol. The molecule has 0 unspecified atom stereocenters. The van der Waals surface area contributed by atoms with Crippen molar-refractivity contribution < 1.29 is 0 Å². The van der Waals surface area contributed by atoms with Crippen molar-refractivity contribution in [3.8, 4) is 0 Å². The minimum atomic E-state index is 0.847. The lowest BCUT2D eigenvalue weighted by Gasteiger charge is -2.34. The smallest absolute Gasteiger partial charge is 0.225 e. The Labute approximate surface area is 158 Å². The Morgan fingerprint density at radius 3 is 2.69 bits per heavy atom. The van der Waals surface area contributed by atoms with Crippen molar-refractivity contribution in [2.45, 2.75) is 11.3 Å². The van der Waals surface area contributed by atoms with Gasteiger partial charge in [0.05, 0.1) is 11.4 Å². The van der Waals surface area contributed by atoms with E-state index in [4.69, 9.17) is 4.99 Å². The molecule has 7 heteroatoms. The second-order valence-corrected chi connectivity index (χ2v) is 7.49. The topological polar surface area (TPSA) is 56.7 Å². The maximum atomic E-state index is 4.76. The fraction of sp³-hybridized carbons (Fsp3) is 0.421. The number of hydrogen-bond acceptors (Lipinski definition) is 6. The van der Waals surface area contributed by atoms with Gasteiger partial charge in [-0.05, 0) is 24.6 Å². The maximum absolute atomic E-state index is 4.76. The van der Waals surface area contributed by atoms with Crippen LogP contribution in [0.15, 0.2) is 52.6 Å². The Morgan fingerprint density at radius 2 is 1.85 bits per heavy atom. The van der Waals surface area contributed by atoms with Crippen LogP contribution in [0.4, 0.5) is 11.6 Å². The molecule has 26 heavy (non-hydrogen) atoms. The molecule has 0 spiro atoms. The van der Waals surface area contributed by atoms with E-state index in [1.807, 2.05) is 30.2 Å². The Bertz CT molecular complexity index is 743. The fourth-order valence-electron chi connectivity index (χ4n) is 3.25. The predicted octanol–water partition coefficient (Wildman–Crippen LogP) is 2.61. The van der Waals surface area contributed by atoms with Crippen molar-refractivity contribution in [3.63, 3.8) is 0 Å². The lowest BCUT2D eigenvalue weighted by molar-refractivity contribution is 0.255. The Balaban J connectivity index is 1.18. The van der Waals surface area contributed by atoms with Crippen LogP contribution in [-0.4, -0.2) is 65.7 Å². The number of benzene rings is 1. The number of fused-ring (bicyclic) bond motifs is 1. The molecule has 0 atom stereocenters. The van der Waals surface area contributed by atoms with E-state index in [-0.39, 0.29) is 0 Å². The van der Waals surface area contributed by atoms with Crippen LogP contribution in [0.25, 0.3) is 0 Å². The second-order valence-electron chi connectivity index (χ2n) is 6.47. The summed E-state index contributed by atoms with van der Waals surface area (Å²) < 4.78 is 0. The minimum absolute atomic E-state index is 0.847. The second kappa shape index (κ2) is 8.51. The number of hydrogen-bond donors (Lipinski definition) is 1. The van der Waals surface area contributed by atoms with E-state index >= 15 is 0 Å².